The van der Waals surface area contributed by atoms with Gasteiger partial charge in [-0.1, -0.05) is 18.2 Å². The molecule has 7 nitrogen and oxygen atoms in total. The number of piperazine rings is 1. The van der Waals surface area contributed by atoms with Crippen molar-refractivity contribution in [1.29, 1.82) is 0 Å². The first-order valence-electron chi connectivity index (χ1n) is 8.96. The maximum Gasteiger partial charge on any atom is 0.265 e. The first kappa shape index (κ1) is 18.1. The van der Waals surface area contributed by atoms with Crippen LogP contribution in [0.1, 0.15) is 20.0 Å². The summed E-state index contributed by atoms with van der Waals surface area (Å²) in [6, 6.07) is 10.7. The lowest BCUT2D eigenvalue weighted by molar-refractivity contribution is 0.0747. The lowest BCUT2D eigenvalue weighted by atomic mass is 10.1. The lowest BCUT2D eigenvalue weighted by Gasteiger charge is -2.35. The zero-order chi connectivity index (χ0) is 19.3. The average Bonchev–Trinajstić information content (AvgIpc) is 3.30. The average molecular weight is 393 g/mol. The minimum atomic E-state index is -0.206. The predicted octanol–water partition coefficient (Wildman–Crippen LogP) is 2.75. The molecule has 1 N–H and O–H groups in total. The maximum absolute atomic E-state index is 13.1. The van der Waals surface area contributed by atoms with E-state index >= 15 is 0 Å². The van der Waals surface area contributed by atoms with Gasteiger partial charge < -0.3 is 15.1 Å². The third kappa shape index (κ3) is 3.86. The Hall–Kier alpha value is -3.26. The molecule has 142 valence electrons. The third-order valence-electron chi connectivity index (χ3n) is 4.59. The van der Waals surface area contributed by atoms with E-state index in [1.807, 2.05) is 28.5 Å². The molecule has 2 amide bonds. The number of nitrogens with one attached hydrogen (secondary N) is 1. The monoisotopic (exact) mass is 393 g/mol. The van der Waals surface area contributed by atoms with Crippen LogP contribution in [0.5, 0.6) is 0 Å². The molecule has 0 bridgehead atoms. The van der Waals surface area contributed by atoms with Crippen molar-refractivity contribution in [3.05, 3.63) is 70.8 Å². The van der Waals surface area contributed by atoms with E-state index in [9.17, 15) is 9.59 Å². The number of amides is 2. The highest BCUT2D eigenvalue weighted by molar-refractivity contribution is 7.12. The van der Waals surface area contributed by atoms with Crippen molar-refractivity contribution in [2.45, 2.75) is 0 Å². The Morgan fingerprint density at radius 3 is 2.54 bits per heavy atom. The van der Waals surface area contributed by atoms with E-state index < -0.39 is 0 Å². The second-order valence-electron chi connectivity index (χ2n) is 6.32. The quantitative estimate of drug-likeness (QED) is 0.737. The topological polar surface area (TPSA) is 78.4 Å². The van der Waals surface area contributed by atoms with Crippen LogP contribution in [0.4, 0.5) is 11.5 Å². The van der Waals surface area contributed by atoms with Gasteiger partial charge in [0.2, 0.25) is 0 Å². The van der Waals surface area contributed by atoms with Gasteiger partial charge in [-0.2, -0.15) is 0 Å². The molecule has 0 radical (unpaired) electrons. The molecule has 3 heterocycles. The summed E-state index contributed by atoms with van der Waals surface area (Å²) in [5, 5.41) is 4.71. The fourth-order valence-corrected chi connectivity index (χ4v) is 3.75. The summed E-state index contributed by atoms with van der Waals surface area (Å²) in [4.78, 5) is 38.4. The summed E-state index contributed by atoms with van der Waals surface area (Å²) < 4.78 is 0. The number of carbonyl (C=O) groups is 2. The van der Waals surface area contributed by atoms with Crippen molar-refractivity contribution in [1.82, 2.24) is 14.9 Å². The molecular formula is C20H19N5O2S. The zero-order valence-electron chi connectivity index (χ0n) is 15.1. The number of anilines is 2. The van der Waals surface area contributed by atoms with Gasteiger partial charge in [0.25, 0.3) is 11.8 Å². The highest BCUT2D eigenvalue weighted by Gasteiger charge is 2.25. The summed E-state index contributed by atoms with van der Waals surface area (Å²) in [5.74, 6) is 0.529. The molecule has 8 heteroatoms. The highest BCUT2D eigenvalue weighted by atomic mass is 32.1. The van der Waals surface area contributed by atoms with Gasteiger partial charge in [0, 0.05) is 38.6 Å². The lowest BCUT2D eigenvalue weighted by Crippen LogP contribution is -2.49. The summed E-state index contributed by atoms with van der Waals surface area (Å²) in [5.41, 5.74) is 1.03. The summed E-state index contributed by atoms with van der Waals surface area (Å²) >= 11 is 1.37. The highest BCUT2D eigenvalue weighted by Crippen LogP contribution is 2.21. The smallest absolute Gasteiger partial charge is 0.265 e. The van der Waals surface area contributed by atoms with Crippen LogP contribution in [0.2, 0.25) is 0 Å². The van der Waals surface area contributed by atoms with Gasteiger partial charge in [-0.15, -0.1) is 11.3 Å². The Morgan fingerprint density at radius 2 is 1.82 bits per heavy atom. The molecule has 1 fully saturated rings. The number of para-hydroxylation sites is 1. The van der Waals surface area contributed by atoms with E-state index in [0.29, 0.717) is 42.3 Å². The molecule has 0 atom stereocenters. The van der Waals surface area contributed by atoms with Crippen LogP contribution >= 0.6 is 11.3 Å². The van der Waals surface area contributed by atoms with Crippen LogP contribution in [0.15, 0.2) is 60.4 Å². The molecule has 2 aromatic heterocycles. The van der Waals surface area contributed by atoms with Gasteiger partial charge >= 0.3 is 0 Å². The van der Waals surface area contributed by atoms with Crippen LogP contribution in [0, 0.1) is 0 Å². The molecule has 1 aliphatic heterocycles. The summed E-state index contributed by atoms with van der Waals surface area (Å²) in [6.45, 7) is 2.55. The Balaban J connectivity index is 1.45. The van der Waals surface area contributed by atoms with E-state index in [0.717, 1.165) is 5.82 Å². The summed E-state index contributed by atoms with van der Waals surface area (Å²) in [7, 11) is 0. The second-order valence-corrected chi connectivity index (χ2v) is 7.27. The molecule has 1 aromatic carbocycles. The Labute approximate surface area is 166 Å². The van der Waals surface area contributed by atoms with Gasteiger partial charge in [-0.25, -0.2) is 4.98 Å². The number of nitrogens with zero attached hydrogens (tertiary/aromatic N) is 4. The molecule has 0 aliphatic carbocycles. The van der Waals surface area contributed by atoms with Crippen molar-refractivity contribution in [2.75, 3.05) is 36.4 Å². The predicted molar refractivity (Wildman–Crippen MR) is 109 cm³/mol. The molecule has 0 saturated carbocycles. The molecule has 4 rings (SSSR count). The second kappa shape index (κ2) is 8.18. The molecule has 0 spiro atoms. The molecule has 1 aliphatic rings. The molecular weight excluding hydrogens is 374 g/mol. The Morgan fingerprint density at radius 1 is 1.00 bits per heavy atom. The van der Waals surface area contributed by atoms with Crippen LogP contribution in [0.25, 0.3) is 0 Å². The van der Waals surface area contributed by atoms with Gasteiger partial charge in [0.1, 0.15) is 5.82 Å². The minimum absolute atomic E-state index is 0.0825. The zero-order valence-corrected chi connectivity index (χ0v) is 15.9. The van der Waals surface area contributed by atoms with E-state index in [1.165, 1.54) is 11.3 Å². The standard InChI is InChI=1S/C20H19N5O2S/c26-19(17-6-3-13-28-17)23-16-5-2-1-4-15(16)20(27)25-11-9-24(10-12-25)18-14-21-7-8-22-18/h1-8,13-14H,9-12H2,(H,23,26). The first-order chi connectivity index (χ1) is 13.7. The van der Waals surface area contributed by atoms with Crippen LogP contribution < -0.4 is 10.2 Å². The molecule has 1 saturated heterocycles. The van der Waals surface area contributed by atoms with E-state index in [2.05, 4.69) is 20.2 Å². The van der Waals surface area contributed by atoms with Gasteiger partial charge in [-0.05, 0) is 23.6 Å². The number of thiophene rings is 1. The van der Waals surface area contributed by atoms with Crippen molar-refractivity contribution in [2.24, 2.45) is 0 Å². The Bertz CT molecular complexity index is 954. The van der Waals surface area contributed by atoms with Gasteiger partial charge in [0.15, 0.2) is 0 Å². The van der Waals surface area contributed by atoms with Crippen LogP contribution in [-0.2, 0) is 0 Å². The first-order valence-corrected chi connectivity index (χ1v) is 9.84. The molecule has 0 unspecified atom stereocenters. The number of rotatable bonds is 4. The fourth-order valence-electron chi connectivity index (χ4n) is 3.13. The number of benzene rings is 1. The third-order valence-corrected chi connectivity index (χ3v) is 5.46. The largest absolute Gasteiger partial charge is 0.352 e. The number of hydrogen-bond donors (Lipinski definition) is 1. The van der Waals surface area contributed by atoms with Gasteiger partial charge in [-0.3, -0.25) is 14.6 Å². The van der Waals surface area contributed by atoms with Crippen molar-refractivity contribution in [3.8, 4) is 0 Å². The number of aromatic nitrogens is 2. The van der Waals surface area contributed by atoms with Gasteiger partial charge in [0.05, 0.1) is 22.3 Å². The van der Waals surface area contributed by atoms with Crippen molar-refractivity contribution >= 4 is 34.7 Å². The molecule has 28 heavy (non-hydrogen) atoms. The fraction of sp³-hybridized carbons (Fsp3) is 0.200. The van der Waals surface area contributed by atoms with Crippen molar-refractivity contribution < 1.29 is 9.59 Å². The summed E-state index contributed by atoms with van der Waals surface area (Å²) in [6.07, 6.45) is 5.04. The molecule has 3 aromatic rings. The number of hydrogen-bond acceptors (Lipinski definition) is 6. The van der Waals surface area contributed by atoms with Crippen LogP contribution in [0.3, 0.4) is 0 Å². The van der Waals surface area contributed by atoms with E-state index in [-0.39, 0.29) is 11.8 Å². The van der Waals surface area contributed by atoms with E-state index in [1.54, 1.807) is 36.8 Å². The Kier molecular flexibility index (Phi) is 5.29. The normalized spacial score (nSPS) is 14.0. The maximum atomic E-state index is 13.1. The van der Waals surface area contributed by atoms with E-state index in [4.69, 9.17) is 0 Å². The van der Waals surface area contributed by atoms with Crippen LogP contribution in [-0.4, -0.2) is 52.9 Å². The minimum Gasteiger partial charge on any atom is -0.352 e. The SMILES string of the molecule is O=C(Nc1ccccc1C(=O)N1CCN(c2cnccn2)CC1)c1cccs1. The number of carbonyl (C=O) groups excluding carboxylic acids is 2. The van der Waals surface area contributed by atoms with Crippen molar-refractivity contribution in [3.63, 3.8) is 0 Å².